The van der Waals surface area contributed by atoms with Crippen LogP contribution < -0.4 is 0 Å². The number of carbonyl (C=O) groups excluding carboxylic acids is 4. The van der Waals surface area contributed by atoms with Crippen LogP contribution in [0, 0.1) is 28.6 Å². The molecule has 1 amide bonds. The molecule has 0 aromatic carbocycles. The first-order chi connectivity index (χ1) is 16.7. The predicted molar refractivity (Wildman–Crippen MR) is 134 cm³/mol. The highest BCUT2D eigenvalue weighted by Crippen LogP contribution is 2.62. The van der Waals surface area contributed by atoms with Crippen LogP contribution in [-0.2, 0) is 28.7 Å². The molecule has 2 saturated carbocycles. The lowest BCUT2D eigenvalue weighted by Gasteiger charge is -2.60. The quantitative estimate of drug-likeness (QED) is 0.337. The number of amides is 1. The normalized spacial score (nSPS) is 34.2. The first kappa shape index (κ1) is 28.1. The lowest BCUT2D eigenvalue weighted by Crippen LogP contribution is -2.63. The number of hydrogen-bond donors (Lipinski definition) is 1. The summed E-state index contributed by atoms with van der Waals surface area (Å²) in [5.74, 6) is -2.21. The van der Waals surface area contributed by atoms with Crippen molar-refractivity contribution in [1.82, 2.24) is 4.90 Å². The van der Waals surface area contributed by atoms with Gasteiger partial charge in [-0.1, -0.05) is 51.8 Å². The summed E-state index contributed by atoms with van der Waals surface area (Å²) in [6, 6.07) is 0. The molecule has 8 nitrogen and oxygen atoms in total. The average Bonchev–Trinajstić information content (AvgIpc) is 2.80. The minimum atomic E-state index is -1.20. The first-order valence-electron chi connectivity index (χ1n) is 13.0. The minimum absolute atomic E-state index is 0.0946. The number of esters is 2. The van der Waals surface area contributed by atoms with Gasteiger partial charge in [-0.3, -0.25) is 14.4 Å². The molecule has 0 bridgehead atoms. The third-order valence-corrected chi connectivity index (χ3v) is 8.83. The summed E-state index contributed by atoms with van der Waals surface area (Å²) in [6.07, 6.45) is 4.09. The zero-order chi connectivity index (χ0) is 27.0. The highest BCUT2D eigenvalue weighted by molar-refractivity contribution is 5.90. The fourth-order valence-corrected chi connectivity index (χ4v) is 6.68. The van der Waals surface area contributed by atoms with E-state index in [1.54, 1.807) is 14.0 Å². The smallest absolute Gasteiger partial charge is 0.330 e. The molecule has 0 aliphatic heterocycles. The number of fused-ring (bicyclic) bond motifs is 3. The Morgan fingerprint density at radius 3 is 2.53 bits per heavy atom. The highest BCUT2D eigenvalue weighted by Gasteiger charge is 2.63. The van der Waals surface area contributed by atoms with Gasteiger partial charge in [0.05, 0.1) is 6.54 Å². The van der Waals surface area contributed by atoms with E-state index in [0.717, 1.165) is 11.1 Å². The molecule has 0 spiro atoms. The molecule has 0 saturated heterocycles. The predicted octanol–water partition coefficient (Wildman–Crippen LogP) is 3.22. The zero-order valence-electron chi connectivity index (χ0n) is 22.6. The van der Waals surface area contributed by atoms with Gasteiger partial charge < -0.3 is 19.5 Å². The Morgan fingerprint density at radius 1 is 1.25 bits per heavy atom. The van der Waals surface area contributed by atoms with E-state index in [4.69, 9.17) is 9.47 Å². The summed E-state index contributed by atoms with van der Waals surface area (Å²) in [4.78, 5) is 51.0. The average molecular weight is 504 g/mol. The van der Waals surface area contributed by atoms with Crippen LogP contribution in [-0.4, -0.2) is 66.0 Å². The summed E-state index contributed by atoms with van der Waals surface area (Å²) >= 11 is 0. The Labute approximate surface area is 214 Å². The van der Waals surface area contributed by atoms with Crippen LogP contribution >= 0.6 is 0 Å². The van der Waals surface area contributed by atoms with Crippen molar-refractivity contribution in [3.05, 3.63) is 23.3 Å². The number of nitrogens with zero attached hydrogens (tertiary/aromatic N) is 1. The van der Waals surface area contributed by atoms with Crippen LogP contribution in [0.25, 0.3) is 0 Å². The van der Waals surface area contributed by atoms with Gasteiger partial charge in [0.1, 0.15) is 18.8 Å². The summed E-state index contributed by atoms with van der Waals surface area (Å²) in [5.41, 5.74) is 0.788. The van der Waals surface area contributed by atoms with E-state index in [0.29, 0.717) is 25.8 Å². The van der Waals surface area contributed by atoms with Crippen molar-refractivity contribution in [1.29, 1.82) is 0 Å². The number of allylic oxidation sites excluding steroid dienone is 2. The number of hydrogen-bond acceptors (Lipinski definition) is 7. The molecule has 3 aliphatic rings. The summed E-state index contributed by atoms with van der Waals surface area (Å²) < 4.78 is 11.0. The zero-order valence-corrected chi connectivity index (χ0v) is 22.6. The Bertz CT molecular complexity index is 980. The number of aliphatic hydroxyl groups is 1. The third-order valence-electron chi connectivity index (χ3n) is 8.83. The van der Waals surface area contributed by atoms with E-state index in [-0.39, 0.29) is 42.7 Å². The van der Waals surface area contributed by atoms with E-state index in [9.17, 15) is 24.3 Å². The van der Waals surface area contributed by atoms with Crippen LogP contribution in [0.1, 0.15) is 67.2 Å². The van der Waals surface area contributed by atoms with Gasteiger partial charge in [-0.05, 0) is 30.6 Å². The fourth-order valence-electron chi connectivity index (χ4n) is 6.68. The second kappa shape index (κ2) is 10.5. The molecule has 0 aromatic rings. The van der Waals surface area contributed by atoms with Crippen LogP contribution in [0.2, 0.25) is 0 Å². The highest BCUT2D eigenvalue weighted by atomic mass is 16.5. The lowest BCUT2D eigenvalue weighted by atomic mass is 9.44. The molecule has 6 unspecified atom stereocenters. The van der Waals surface area contributed by atoms with Gasteiger partial charge in [0.15, 0.2) is 5.78 Å². The van der Waals surface area contributed by atoms with Gasteiger partial charge in [-0.15, -0.1) is 0 Å². The van der Waals surface area contributed by atoms with Gasteiger partial charge in [0.25, 0.3) is 0 Å². The Hall–Kier alpha value is -2.48. The van der Waals surface area contributed by atoms with Crippen molar-refractivity contribution in [3.8, 4) is 0 Å². The van der Waals surface area contributed by atoms with Gasteiger partial charge in [0, 0.05) is 43.7 Å². The van der Waals surface area contributed by atoms with E-state index in [2.05, 4.69) is 13.0 Å². The van der Waals surface area contributed by atoms with Crippen molar-refractivity contribution < 1.29 is 33.8 Å². The van der Waals surface area contributed by atoms with Crippen molar-refractivity contribution in [2.45, 2.75) is 79.4 Å². The molecule has 0 heterocycles. The Kier molecular flexibility index (Phi) is 8.18. The summed E-state index contributed by atoms with van der Waals surface area (Å²) in [5, 5.41) is 11.3. The van der Waals surface area contributed by atoms with Crippen LogP contribution in [0.4, 0.5) is 0 Å². The van der Waals surface area contributed by atoms with Crippen molar-refractivity contribution in [2.24, 2.45) is 28.6 Å². The second-order valence-electron chi connectivity index (χ2n) is 11.4. The topological polar surface area (TPSA) is 110 Å². The number of carbonyl (C=O) groups is 4. The van der Waals surface area contributed by atoms with Crippen molar-refractivity contribution in [3.63, 3.8) is 0 Å². The molecule has 8 heteroatoms. The Morgan fingerprint density at radius 2 is 1.92 bits per heavy atom. The number of Topliss-reactive ketones (excluding diaryl/α,β-unsaturated/α-hetero) is 1. The monoisotopic (exact) mass is 503 g/mol. The molecule has 6 atom stereocenters. The van der Waals surface area contributed by atoms with E-state index >= 15 is 0 Å². The minimum Gasteiger partial charge on any atom is -0.462 e. The SMILES string of the molecule is CCC(=O)OC1CCC2(C)C3=CCC(=CC(=O)OCCN(C)C(C)=O)C(C)C3C(O)C(=O)C2C1(C)C. The molecular formula is C28H41NO7. The molecular weight excluding hydrogens is 462 g/mol. The Balaban J connectivity index is 1.84. The van der Waals surface area contributed by atoms with Crippen molar-refractivity contribution >= 4 is 23.6 Å². The standard InChI is InChI=1S/C28H41NO7/c1-8-21(31)36-20-11-12-28(6)19-10-9-18(15-22(32)35-14-13-29(7)17(3)30)16(2)23(19)24(33)25(34)26(28)27(20,4)5/h10,15-16,20,23-24,26,33H,8-9,11-14H2,1-7H3. The van der Waals surface area contributed by atoms with E-state index in [1.165, 1.54) is 17.9 Å². The molecule has 3 rings (SSSR count). The molecule has 3 aliphatic carbocycles. The van der Waals surface area contributed by atoms with E-state index < -0.39 is 34.7 Å². The molecule has 0 radical (unpaired) electrons. The lowest BCUT2D eigenvalue weighted by molar-refractivity contribution is -0.180. The molecule has 200 valence electrons. The van der Waals surface area contributed by atoms with Gasteiger partial charge >= 0.3 is 11.9 Å². The number of likely N-dealkylation sites (N-methyl/N-ethyl adjacent to an activating group) is 1. The van der Waals surface area contributed by atoms with Gasteiger partial charge in [-0.25, -0.2) is 4.79 Å². The van der Waals surface area contributed by atoms with Gasteiger partial charge in [0.2, 0.25) is 5.91 Å². The summed E-state index contributed by atoms with van der Waals surface area (Å²) in [7, 11) is 1.64. The largest absolute Gasteiger partial charge is 0.462 e. The van der Waals surface area contributed by atoms with E-state index in [1.807, 2.05) is 20.8 Å². The molecule has 2 fully saturated rings. The molecule has 1 N–H and O–H groups in total. The van der Waals surface area contributed by atoms with Crippen LogP contribution in [0.5, 0.6) is 0 Å². The number of rotatable bonds is 6. The maximum absolute atomic E-state index is 13.7. The summed E-state index contributed by atoms with van der Waals surface area (Å²) in [6.45, 7) is 11.6. The number of aliphatic hydroxyl groups excluding tert-OH is 1. The first-order valence-corrected chi connectivity index (χ1v) is 13.0. The van der Waals surface area contributed by atoms with Crippen molar-refractivity contribution in [2.75, 3.05) is 20.2 Å². The number of ether oxygens (including phenoxy) is 2. The maximum atomic E-state index is 13.7. The number of ketones is 1. The van der Waals surface area contributed by atoms with Crippen LogP contribution in [0.15, 0.2) is 23.3 Å². The fraction of sp³-hybridized carbons (Fsp3) is 0.714. The van der Waals surface area contributed by atoms with Crippen LogP contribution in [0.3, 0.4) is 0 Å². The maximum Gasteiger partial charge on any atom is 0.330 e. The molecule has 36 heavy (non-hydrogen) atoms. The molecule has 0 aromatic heterocycles. The third kappa shape index (κ3) is 5.01. The second-order valence-corrected chi connectivity index (χ2v) is 11.4. The van der Waals surface area contributed by atoms with Gasteiger partial charge in [-0.2, -0.15) is 0 Å².